The van der Waals surface area contributed by atoms with Gasteiger partial charge in [0, 0.05) is 19.5 Å². The monoisotopic (exact) mass is 266 g/mol. The molecule has 1 aliphatic carbocycles. The minimum atomic E-state index is -0.584. The van der Waals surface area contributed by atoms with Crippen LogP contribution in [0, 0.1) is 5.92 Å². The first-order chi connectivity index (χ1) is 9.07. The molecule has 0 bridgehead atoms. The first kappa shape index (κ1) is 14.4. The Morgan fingerprint density at radius 2 is 1.95 bits per heavy atom. The van der Waals surface area contributed by atoms with E-state index in [1.807, 2.05) is 4.90 Å². The molecule has 4 nitrogen and oxygen atoms in total. The van der Waals surface area contributed by atoms with Crippen molar-refractivity contribution in [1.29, 1.82) is 0 Å². The molecule has 2 fully saturated rings. The molecule has 2 rings (SSSR count). The van der Waals surface area contributed by atoms with Crippen LogP contribution in [0.1, 0.15) is 58.8 Å². The molecular formula is C15H26N2O2. The fourth-order valence-electron chi connectivity index (χ4n) is 3.20. The molecule has 1 saturated carbocycles. The highest BCUT2D eigenvalue weighted by Gasteiger charge is 2.45. The summed E-state index contributed by atoms with van der Waals surface area (Å²) in [6.45, 7) is 5.68. The van der Waals surface area contributed by atoms with Crippen molar-refractivity contribution >= 4 is 11.8 Å². The van der Waals surface area contributed by atoms with Gasteiger partial charge in [-0.15, -0.1) is 0 Å². The van der Waals surface area contributed by atoms with Crippen molar-refractivity contribution in [3.8, 4) is 0 Å². The van der Waals surface area contributed by atoms with Gasteiger partial charge in [-0.2, -0.15) is 0 Å². The van der Waals surface area contributed by atoms with Crippen LogP contribution >= 0.6 is 0 Å². The predicted molar refractivity (Wildman–Crippen MR) is 74.6 cm³/mol. The zero-order valence-corrected chi connectivity index (χ0v) is 12.2. The van der Waals surface area contributed by atoms with Crippen molar-refractivity contribution in [2.24, 2.45) is 5.92 Å². The van der Waals surface area contributed by atoms with Crippen molar-refractivity contribution in [2.45, 2.75) is 64.3 Å². The second-order valence-corrected chi connectivity index (χ2v) is 6.21. The van der Waals surface area contributed by atoms with Gasteiger partial charge < -0.3 is 10.2 Å². The topological polar surface area (TPSA) is 49.4 Å². The standard InChI is InChI=1S/C15H26N2O2/c1-3-12(2)11-17-10-7-13(18)16-15(14(17)19)8-5-4-6-9-15/h12H,3-11H2,1-2H3,(H,16,18). The van der Waals surface area contributed by atoms with E-state index in [0.717, 1.165) is 38.6 Å². The van der Waals surface area contributed by atoms with Gasteiger partial charge in [0.15, 0.2) is 0 Å². The van der Waals surface area contributed by atoms with Crippen LogP contribution in [-0.4, -0.2) is 35.3 Å². The molecule has 1 aliphatic heterocycles. The summed E-state index contributed by atoms with van der Waals surface area (Å²) in [5, 5.41) is 3.04. The summed E-state index contributed by atoms with van der Waals surface area (Å²) in [4.78, 5) is 26.7. The second kappa shape index (κ2) is 5.93. The predicted octanol–water partition coefficient (Wildman–Crippen LogP) is 2.08. The van der Waals surface area contributed by atoms with E-state index in [0.29, 0.717) is 18.9 Å². The Morgan fingerprint density at radius 3 is 2.58 bits per heavy atom. The number of nitrogens with zero attached hydrogens (tertiary/aromatic N) is 1. The Labute approximate surface area is 115 Å². The van der Waals surface area contributed by atoms with E-state index in [9.17, 15) is 9.59 Å². The van der Waals surface area contributed by atoms with Crippen molar-refractivity contribution in [2.75, 3.05) is 13.1 Å². The van der Waals surface area contributed by atoms with Gasteiger partial charge in [0.1, 0.15) is 5.54 Å². The Morgan fingerprint density at radius 1 is 1.26 bits per heavy atom. The van der Waals surface area contributed by atoms with Crippen LogP contribution in [0.15, 0.2) is 0 Å². The van der Waals surface area contributed by atoms with E-state index in [-0.39, 0.29) is 11.8 Å². The Kier molecular flexibility index (Phi) is 4.48. The molecule has 2 amide bonds. The summed E-state index contributed by atoms with van der Waals surface area (Å²) in [6.07, 6.45) is 6.41. The van der Waals surface area contributed by atoms with E-state index < -0.39 is 5.54 Å². The molecule has 1 spiro atoms. The molecule has 1 unspecified atom stereocenters. The van der Waals surface area contributed by atoms with Crippen LogP contribution in [-0.2, 0) is 9.59 Å². The normalized spacial score (nSPS) is 25.1. The molecule has 4 heteroatoms. The lowest BCUT2D eigenvalue weighted by atomic mass is 9.80. The molecule has 2 aliphatic rings. The van der Waals surface area contributed by atoms with Crippen molar-refractivity contribution < 1.29 is 9.59 Å². The largest absolute Gasteiger partial charge is 0.342 e. The third-order valence-electron chi connectivity index (χ3n) is 4.62. The average molecular weight is 266 g/mol. The highest BCUT2D eigenvalue weighted by molar-refractivity contribution is 5.93. The van der Waals surface area contributed by atoms with E-state index >= 15 is 0 Å². The lowest BCUT2D eigenvalue weighted by molar-refractivity contribution is -0.140. The van der Waals surface area contributed by atoms with Crippen LogP contribution in [0.5, 0.6) is 0 Å². The molecule has 1 atom stereocenters. The Hall–Kier alpha value is -1.06. The van der Waals surface area contributed by atoms with Gasteiger partial charge in [-0.1, -0.05) is 39.5 Å². The van der Waals surface area contributed by atoms with Crippen LogP contribution in [0.25, 0.3) is 0 Å². The fraction of sp³-hybridized carbons (Fsp3) is 0.867. The number of carbonyl (C=O) groups excluding carboxylic acids is 2. The van der Waals surface area contributed by atoms with Crippen LogP contribution < -0.4 is 5.32 Å². The maximum atomic E-state index is 12.8. The minimum Gasteiger partial charge on any atom is -0.342 e. The van der Waals surface area contributed by atoms with E-state index in [4.69, 9.17) is 0 Å². The molecule has 1 N–H and O–H groups in total. The second-order valence-electron chi connectivity index (χ2n) is 6.21. The van der Waals surface area contributed by atoms with Crippen molar-refractivity contribution in [1.82, 2.24) is 10.2 Å². The van der Waals surface area contributed by atoms with Crippen molar-refractivity contribution in [3.63, 3.8) is 0 Å². The fourth-order valence-corrected chi connectivity index (χ4v) is 3.20. The van der Waals surface area contributed by atoms with E-state index in [1.54, 1.807) is 0 Å². The summed E-state index contributed by atoms with van der Waals surface area (Å²) in [5.41, 5.74) is -0.584. The van der Waals surface area contributed by atoms with Crippen molar-refractivity contribution in [3.05, 3.63) is 0 Å². The molecular weight excluding hydrogens is 240 g/mol. The maximum absolute atomic E-state index is 12.8. The number of hydrogen-bond acceptors (Lipinski definition) is 2. The summed E-state index contributed by atoms with van der Waals surface area (Å²) >= 11 is 0. The summed E-state index contributed by atoms with van der Waals surface area (Å²) in [7, 11) is 0. The van der Waals surface area contributed by atoms with Gasteiger partial charge in [-0.05, 0) is 18.8 Å². The number of carbonyl (C=O) groups is 2. The number of amides is 2. The van der Waals surface area contributed by atoms with Crippen LogP contribution in [0.4, 0.5) is 0 Å². The van der Waals surface area contributed by atoms with Crippen LogP contribution in [0.2, 0.25) is 0 Å². The van der Waals surface area contributed by atoms with E-state index in [1.165, 1.54) is 6.42 Å². The number of rotatable bonds is 3. The number of hydrogen-bond donors (Lipinski definition) is 1. The van der Waals surface area contributed by atoms with Crippen LogP contribution in [0.3, 0.4) is 0 Å². The van der Waals surface area contributed by atoms with Gasteiger partial charge >= 0.3 is 0 Å². The third kappa shape index (κ3) is 3.10. The first-order valence-electron chi connectivity index (χ1n) is 7.68. The van der Waals surface area contributed by atoms with Gasteiger partial charge in [-0.25, -0.2) is 0 Å². The average Bonchev–Trinajstić information content (AvgIpc) is 2.52. The van der Waals surface area contributed by atoms with Gasteiger partial charge in [0.2, 0.25) is 11.8 Å². The molecule has 0 radical (unpaired) electrons. The highest BCUT2D eigenvalue weighted by atomic mass is 16.2. The molecule has 0 aromatic heterocycles. The molecule has 1 heterocycles. The molecule has 0 aromatic carbocycles. The Balaban J connectivity index is 2.17. The zero-order valence-electron chi connectivity index (χ0n) is 12.2. The smallest absolute Gasteiger partial charge is 0.248 e. The first-order valence-corrected chi connectivity index (χ1v) is 7.68. The summed E-state index contributed by atoms with van der Waals surface area (Å²) in [6, 6.07) is 0. The van der Waals surface area contributed by atoms with Gasteiger partial charge in [0.25, 0.3) is 0 Å². The minimum absolute atomic E-state index is 0.0434. The Bertz CT molecular complexity index is 348. The van der Waals surface area contributed by atoms with E-state index in [2.05, 4.69) is 19.2 Å². The third-order valence-corrected chi connectivity index (χ3v) is 4.62. The lowest BCUT2D eigenvalue weighted by Crippen LogP contribution is -2.58. The lowest BCUT2D eigenvalue weighted by Gasteiger charge is -2.38. The van der Waals surface area contributed by atoms with Gasteiger partial charge in [0.05, 0.1) is 0 Å². The maximum Gasteiger partial charge on any atom is 0.248 e. The SMILES string of the molecule is CCC(C)CN1CCC(=O)NC2(CCCCC2)C1=O. The molecule has 108 valence electrons. The molecule has 0 aromatic rings. The zero-order chi connectivity index (χ0) is 13.9. The summed E-state index contributed by atoms with van der Waals surface area (Å²) in [5.74, 6) is 0.707. The number of nitrogens with one attached hydrogen (secondary N) is 1. The quantitative estimate of drug-likeness (QED) is 0.850. The summed E-state index contributed by atoms with van der Waals surface area (Å²) < 4.78 is 0. The molecule has 19 heavy (non-hydrogen) atoms. The van der Waals surface area contributed by atoms with Gasteiger partial charge in [-0.3, -0.25) is 9.59 Å². The molecule has 1 saturated heterocycles. The highest BCUT2D eigenvalue weighted by Crippen LogP contribution is 2.31.